The van der Waals surface area contributed by atoms with Gasteiger partial charge in [-0.3, -0.25) is 0 Å². The van der Waals surface area contributed by atoms with Crippen LogP contribution in [0.1, 0.15) is 54.8 Å². The number of carbonyl (C=O) groups is 2. The maximum atomic E-state index is 11.5. The van der Waals surface area contributed by atoms with E-state index in [1.165, 1.54) is 30.4 Å². The fourth-order valence-electron chi connectivity index (χ4n) is 4.57. The van der Waals surface area contributed by atoms with E-state index in [4.69, 9.17) is 28.2 Å². The molecule has 0 saturated carbocycles. The van der Waals surface area contributed by atoms with Crippen LogP contribution in [-0.4, -0.2) is 34.1 Å². The van der Waals surface area contributed by atoms with Crippen LogP contribution in [0.15, 0.2) is 106 Å². The lowest BCUT2D eigenvalue weighted by Crippen LogP contribution is -2.00. The van der Waals surface area contributed by atoms with Crippen molar-refractivity contribution in [3.8, 4) is 34.4 Å². The molecule has 2 aromatic heterocycles. The lowest BCUT2D eigenvalue weighted by atomic mass is 10.1. The second-order valence-corrected chi connectivity index (χ2v) is 11.2. The standard InChI is InChI=1S/C20H19NO4.C19H17NO4/c1-13-4-10-17(11-5-13)24-12-18-14(2)25-19(21-18)15-6-8-16(9-7-15)20(22)23-3;1-12-3-9-16(10-4-12)23-11-17-13(2)24-18(20-17)14-5-7-15(8-6-14)19(21)22/h4-11H,12H2,1-3H3;3-10H,11H2,1-2H3,(H,21,22). The molecule has 0 aliphatic rings. The number of hydrogen-bond acceptors (Lipinski definition) is 9. The van der Waals surface area contributed by atoms with Gasteiger partial charge >= 0.3 is 11.9 Å². The highest BCUT2D eigenvalue weighted by Gasteiger charge is 2.15. The Morgan fingerprint density at radius 1 is 0.592 bits per heavy atom. The summed E-state index contributed by atoms with van der Waals surface area (Å²) < 4.78 is 27.6. The molecule has 4 aromatic carbocycles. The molecule has 6 aromatic rings. The zero-order valence-corrected chi connectivity index (χ0v) is 27.9. The first-order valence-corrected chi connectivity index (χ1v) is 15.4. The quantitative estimate of drug-likeness (QED) is 0.142. The van der Waals surface area contributed by atoms with Gasteiger partial charge in [0.05, 0.1) is 18.2 Å². The second-order valence-electron chi connectivity index (χ2n) is 11.2. The lowest BCUT2D eigenvalue weighted by molar-refractivity contribution is 0.0599. The Balaban J connectivity index is 0.000000191. The number of rotatable bonds is 10. The predicted octanol–water partition coefficient (Wildman–Crippen LogP) is 8.56. The number of methoxy groups -OCH3 is 1. The number of benzene rings is 4. The topological polar surface area (TPSA) is 134 Å². The molecule has 0 radical (unpaired) electrons. The van der Waals surface area contributed by atoms with Crippen molar-refractivity contribution in [1.29, 1.82) is 0 Å². The van der Waals surface area contributed by atoms with E-state index in [-0.39, 0.29) is 11.5 Å². The second kappa shape index (κ2) is 15.6. The van der Waals surface area contributed by atoms with Crippen LogP contribution in [0.4, 0.5) is 0 Å². The molecule has 0 atom stereocenters. The third kappa shape index (κ3) is 9.01. The molecule has 1 N–H and O–H groups in total. The highest BCUT2D eigenvalue weighted by molar-refractivity contribution is 5.89. The highest BCUT2D eigenvalue weighted by Crippen LogP contribution is 2.25. The van der Waals surface area contributed by atoms with Gasteiger partial charge in [0.25, 0.3) is 0 Å². The van der Waals surface area contributed by atoms with Gasteiger partial charge in [0.15, 0.2) is 0 Å². The van der Waals surface area contributed by atoms with E-state index in [9.17, 15) is 9.59 Å². The number of oxazole rings is 2. The zero-order chi connectivity index (χ0) is 34.9. The average Bonchev–Trinajstić information content (AvgIpc) is 3.69. The Kier molecular flexibility index (Phi) is 10.9. The smallest absolute Gasteiger partial charge is 0.337 e. The number of aromatic carboxylic acids is 1. The molecule has 0 saturated heterocycles. The van der Waals surface area contributed by atoms with Gasteiger partial charge in [0.1, 0.15) is 47.6 Å². The number of aromatic nitrogens is 2. The fourth-order valence-corrected chi connectivity index (χ4v) is 4.57. The monoisotopic (exact) mass is 660 g/mol. The molecule has 6 rings (SSSR count). The van der Waals surface area contributed by atoms with Crippen LogP contribution in [-0.2, 0) is 18.0 Å². The first kappa shape index (κ1) is 34.2. The summed E-state index contributed by atoms with van der Waals surface area (Å²) in [7, 11) is 1.36. The van der Waals surface area contributed by atoms with Crippen LogP contribution < -0.4 is 9.47 Å². The molecular formula is C39H36N2O8. The van der Waals surface area contributed by atoms with E-state index in [0.29, 0.717) is 47.8 Å². The van der Waals surface area contributed by atoms with E-state index in [1.54, 1.807) is 36.4 Å². The van der Waals surface area contributed by atoms with Crippen molar-refractivity contribution in [1.82, 2.24) is 9.97 Å². The van der Waals surface area contributed by atoms with Crippen LogP contribution in [0.25, 0.3) is 22.9 Å². The molecule has 0 aliphatic heterocycles. The summed E-state index contributed by atoms with van der Waals surface area (Å²) in [6.45, 7) is 8.38. The molecule has 0 bridgehead atoms. The minimum atomic E-state index is -0.961. The fraction of sp³-hybridized carbons (Fsp3) is 0.179. The van der Waals surface area contributed by atoms with Crippen molar-refractivity contribution in [3.05, 3.63) is 142 Å². The van der Waals surface area contributed by atoms with Crippen molar-refractivity contribution in [3.63, 3.8) is 0 Å². The van der Waals surface area contributed by atoms with E-state index < -0.39 is 5.97 Å². The van der Waals surface area contributed by atoms with E-state index >= 15 is 0 Å². The average molecular weight is 661 g/mol. The Morgan fingerprint density at radius 2 is 0.980 bits per heavy atom. The first-order valence-electron chi connectivity index (χ1n) is 15.4. The molecule has 2 heterocycles. The van der Waals surface area contributed by atoms with Gasteiger partial charge in [0.2, 0.25) is 11.8 Å². The number of hydrogen-bond donors (Lipinski definition) is 1. The van der Waals surface area contributed by atoms with Gasteiger partial charge in [-0.1, -0.05) is 35.4 Å². The van der Waals surface area contributed by atoms with Crippen LogP contribution in [0.2, 0.25) is 0 Å². The van der Waals surface area contributed by atoms with Gasteiger partial charge in [-0.05, 0) is 100 Å². The Morgan fingerprint density at radius 3 is 1.35 bits per heavy atom. The number of carbonyl (C=O) groups excluding carboxylic acids is 1. The van der Waals surface area contributed by atoms with Crippen molar-refractivity contribution < 1.29 is 37.7 Å². The van der Waals surface area contributed by atoms with Crippen LogP contribution in [0.5, 0.6) is 11.5 Å². The Bertz CT molecular complexity index is 2010. The summed E-state index contributed by atoms with van der Waals surface area (Å²) in [5.74, 6) is 2.56. The SMILES string of the molecule is COC(=O)c1ccc(-c2nc(COc3ccc(C)cc3)c(C)o2)cc1.Cc1ccc(OCc2nc(-c3ccc(C(=O)O)cc3)oc2C)cc1. The zero-order valence-electron chi connectivity index (χ0n) is 27.9. The molecule has 10 nitrogen and oxygen atoms in total. The van der Waals surface area contributed by atoms with Crippen LogP contribution in [0, 0.1) is 27.7 Å². The Labute approximate surface area is 283 Å². The minimum Gasteiger partial charge on any atom is -0.487 e. The lowest BCUT2D eigenvalue weighted by Gasteiger charge is -2.04. The number of ether oxygens (including phenoxy) is 3. The Hall–Kier alpha value is -6.16. The summed E-state index contributed by atoms with van der Waals surface area (Å²) in [4.78, 5) is 31.3. The number of carboxylic acid groups (broad SMARTS) is 1. The van der Waals surface area contributed by atoms with Crippen LogP contribution in [0.3, 0.4) is 0 Å². The summed E-state index contributed by atoms with van der Waals surface area (Å²) in [5.41, 5.74) is 6.04. The summed E-state index contributed by atoms with van der Waals surface area (Å²) >= 11 is 0. The molecule has 49 heavy (non-hydrogen) atoms. The van der Waals surface area contributed by atoms with E-state index in [0.717, 1.165) is 28.3 Å². The summed E-state index contributed by atoms with van der Waals surface area (Å²) in [6, 6.07) is 29.0. The first-order chi connectivity index (χ1) is 23.6. The molecule has 0 aliphatic carbocycles. The third-order valence-electron chi connectivity index (χ3n) is 7.51. The predicted molar refractivity (Wildman–Crippen MR) is 183 cm³/mol. The molecule has 0 unspecified atom stereocenters. The van der Waals surface area contributed by atoms with E-state index in [2.05, 4.69) is 9.97 Å². The molecule has 0 spiro atoms. The molecule has 250 valence electrons. The van der Waals surface area contributed by atoms with E-state index in [1.807, 2.05) is 76.2 Å². The van der Waals surface area contributed by atoms with Crippen LogP contribution >= 0.6 is 0 Å². The summed E-state index contributed by atoms with van der Waals surface area (Å²) in [6.07, 6.45) is 0. The third-order valence-corrected chi connectivity index (χ3v) is 7.51. The normalized spacial score (nSPS) is 10.6. The van der Waals surface area contributed by atoms with Crippen molar-refractivity contribution in [2.75, 3.05) is 7.11 Å². The maximum absolute atomic E-state index is 11.5. The van der Waals surface area contributed by atoms with Gasteiger partial charge in [-0.15, -0.1) is 0 Å². The van der Waals surface area contributed by atoms with Gasteiger partial charge in [0, 0.05) is 11.1 Å². The number of esters is 1. The van der Waals surface area contributed by atoms with Gasteiger partial charge in [-0.2, -0.15) is 0 Å². The van der Waals surface area contributed by atoms with Crippen molar-refractivity contribution in [2.45, 2.75) is 40.9 Å². The maximum Gasteiger partial charge on any atom is 0.337 e. The largest absolute Gasteiger partial charge is 0.487 e. The number of carboxylic acids is 1. The summed E-state index contributed by atoms with van der Waals surface area (Å²) in [5, 5.41) is 8.93. The molecule has 0 amide bonds. The molecule has 0 fully saturated rings. The van der Waals surface area contributed by atoms with Gasteiger partial charge < -0.3 is 28.2 Å². The molecular weight excluding hydrogens is 624 g/mol. The number of nitrogens with zero attached hydrogens (tertiary/aromatic N) is 2. The van der Waals surface area contributed by atoms with Crippen molar-refractivity contribution >= 4 is 11.9 Å². The highest BCUT2D eigenvalue weighted by atomic mass is 16.5. The van der Waals surface area contributed by atoms with Gasteiger partial charge in [-0.25, -0.2) is 19.6 Å². The number of aryl methyl sites for hydroxylation is 4. The minimum absolute atomic E-state index is 0.227. The van der Waals surface area contributed by atoms with Crippen molar-refractivity contribution in [2.24, 2.45) is 0 Å². The molecule has 10 heteroatoms.